The molecule has 4 aromatic rings. The average Bonchev–Trinajstić information content (AvgIpc) is 3.43. The highest BCUT2D eigenvalue weighted by molar-refractivity contribution is 6.28. The molecule has 1 aromatic heterocycles. The Hall–Kier alpha value is -3.58. The average molecular weight is 510 g/mol. The van der Waals surface area contributed by atoms with Gasteiger partial charge in [0.15, 0.2) is 0 Å². The second kappa shape index (κ2) is 8.21. The van der Waals surface area contributed by atoms with Crippen molar-refractivity contribution in [3.63, 3.8) is 0 Å². The number of nitrogens with zero attached hydrogens (tertiary/aromatic N) is 4. The molecule has 1 amide bonds. The molecule has 0 unspecified atom stereocenters. The quantitative estimate of drug-likeness (QED) is 0.339. The first kappa shape index (κ1) is 23.5. The molecular formula is C31H32FN5O. The fourth-order valence-electron chi connectivity index (χ4n) is 6.97. The Morgan fingerprint density at radius 2 is 1.95 bits per heavy atom. The summed E-state index contributed by atoms with van der Waals surface area (Å²) in [5.41, 5.74) is 4.06. The summed E-state index contributed by atoms with van der Waals surface area (Å²) >= 11 is 0. The Labute approximate surface area is 221 Å². The molecule has 3 aliphatic rings. The van der Waals surface area contributed by atoms with E-state index < -0.39 is 0 Å². The molecule has 2 aliphatic carbocycles. The Morgan fingerprint density at radius 3 is 2.63 bits per heavy atom. The maximum absolute atomic E-state index is 15.1. The molecule has 7 rings (SSSR count). The first-order valence-electron chi connectivity index (χ1n) is 13.6. The van der Waals surface area contributed by atoms with E-state index in [1.165, 1.54) is 12.5 Å². The molecule has 6 nitrogen and oxygen atoms in total. The molecular weight excluding hydrogens is 477 g/mol. The van der Waals surface area contributed by atoms with E-state index in [9.17, 15) is 4.79 Å². The van der Waals surface area contributed by atoms with Gasteiger partial charge in [-0.25, -0.2) is 4.39 Å². The summed E-state index contributed by atoms with van der Waals surface area (Å²) in [6, 6.07) is 15.3. The summed E-state index contributed by atoms with van der Waals surface area (Å²) in [6.07, 6.45) is 7.22. The van der Waals surface area contributed by atoms with Crippen LogP contribution < -0.4 is 10.2 Å². The second-order valence-electron chi connectivity index (χ2n) is 12.0. The van der Waals surface area contributed by atoms with Gasteiger partial charge in [-0.05, 0) is 92.5 Å². The molecule has 0 atom stereocenters. The van der Waals surface area contributed by atoms with Crippen LogP contribution >= 0.6 is 0 Å². The van der Waals surface area contributed by atoms with Gasteiger partial charge in [0, 0.05) is 35.6 Å². The van der Waals surface area contributed by atoms with E-state index in [0.29, 0.717) is 28.8 Å². The molecule has 2 fully saturated rings. The molecule has 1 N–H and O–H groups in total. The third-order valence-electron chi connectivity index (χ3n) is 9.14. The number of aryl methyl sites for hydroxylation is 1. The molecule has 194 valence electrons. The lowest BCUT2D eigenvalue weighted by atomic mass is 9.58. The lowest BCUT2D eigenvalue weighted by Gasteiger charge is -2.46. The van der Waals surface area contributed by atoms with Crippen molar-refractivity contribution in [1.82, 2.24) is 20.1 Å². The summed E-state index contributed by atoms with van der Waals surface area (Å²) in [5, 5.41) is 13.4. The maximum atomic E-state index is 15.1. The zero-order chi connectivity index (χ0) is 26.2. The van der Waals surface area contributed by atoms with Gasteiger partial charge in [0.2, 0.25) is 0 Å². The molecule has 0 bridgehead atoms. The van der Waals surface area contributed by atoms with Gasteiger partial charge in [0.1, 0.15) is 18.0 Å². The highest BCUT2D eigenvalue weighted by Gasteiger charge is 2.48. The number of anilines is 2. The van der Waals surface area contributed by atoms with Crippen LogP contribution in [0.5, 0.6) is 0 Å². The van der Waals surface area contributed by atoms with Crippen molar-refractivity contribution in [1.29, 1.82) is 0 Å². The van der Waals surface area contributed by atoms with Crippen molar-refractivity contribution in [2.75, 3.05) is 4.90 Å². The Morgan fingerprint density at radius 1 is 1.13 bits per heavy atom. The van der Waals surface area contributed by atoms with Crippen LogP contribution in [0.4, 0.5) is 15.8 Å². The van der Waals surface area contributed by atoms with Crippen molar-refractivity contribution in [3.8, 4) is 0 Å². The van der Waals surface area contributed by atoms with Gasteiger partial charge >= 0.3 is 0 Å². The van der Waals surface area contributed by atoms with Gasteiger partial charge in [-0.3, -0.25) is 9.69 Å². The van der Waals surface area contributed by atoms with Gasteiger partial charge in [-0.15, -0.1) is 10.2 Å². The number of nitrogens with one attached hydrogen (secondary N) is 1. The number of halogens is 1. The molecule has 0 radical (unpaired) electrons. The number of benzene rings is 3. The largest absolute Gasteiger partial charge is 0.320 e. The number of amides is 1. The monoisotopic (exact) mass is 509 g/mol. The summed E-state index contributed by atoms with van der Waals surface area (Å²) in [4.78, 5) is 15.7. The number of carbonyl (C=O) groups excluding carboxylic acids is 1. The van der Waals surface area contributed by atoms with Crippen molar-refractivity contribution < 1.29 is 9.18 Å². The van der Waals surface area contributed by atoms with Gasteiger partial charge in [-0.2, -0.15) is 0 Å². The fourth-order valence-corrected chi connectivity index (χ4v) is 6.97. The lowest BCUT2D eigenvalue weighted by molar-refractivity contribution is 0.100. The van der Waals surface area contributed by atoms with Crippen LogP contribution in [-0.4, -0.2) is 26.2 Å². The van der Waals surface area contributed by atoms with Gasteiger partial charge in [0.25, 0.3) is 5.91 Å². The zero-order valence-electron chi connectivity index (χ0n) is 22.1. The minimum atomic E-state index is -0.296. The molecule has 2 heterocycles. The van der Waals surface area contributed by atoms with E-state index in [1.54, 1.807) is 17.3 Å². The smallest absolute Gasteiger partial charge is 0.263 e. The highest BCUT2D eigenvalue weighted by atomic mass is 19.1. The van der Waals surface area contributed by atoms with E-state index >= 15 is 4.39 Å². The number of aromatic nitrogens is 3. The van der Waals surface area contributed by atoms with Crippen molar-refractivity contribution in [2.24, 2.45) is 13.0 Å². The molecule has 3 aromatic carbocycles. The Bertz CT molecular complexity index is 1600. The normalized spacial score (nSPS) is 23.5. The second-order valence-corrected chi connectivity index (χ2v) is 12.0. The molecule has 0 saturated heterocycles. The van der Waals surface area contributed by atoms with E-state index in [4.69, 9.17) is 0 Å². The van der Waals surface area contributed by atoms with Gasteiger partial charge in [0.05, 0.1) is 16.7 Å². The molecule has 2 saturated carbocycles. The first-order valence-corrected chi connectivity index (χ1v) is 13.6. The first-order chi connectivity index (χ1) is 18.3. The van der Waals surface area contributed by atoms with E-state index in [-0.39, 0.29) is 22.7 Å². The Balaban J connectivity index is 1.29. The lowest BCUT2D eigenvalue weighted by Crippen LogP contribution is -2.47. The van der Waals surface area contributed by atoms with Crippen LogP contribution in [0.15, 0.2) is 54.9 Å². The number of rotatable bonds is 6. The Kier molecular flexibility index (Phi) is 5.08. The zero-order valence-corrected chi connectivity index (χ0v) is 22.1. The minimum Gasteiger partial charge on any atom is -0.320 e. The summed E-state index contributed by atoms with van der Waals surface area (Å²) in [6.45, 7) is 5.10. The molecule has 1 aliphatic heterocycles. The van der Waals surface area contributed by atoms with Crippen LogP contribution in [0.2, 0.25) is 0 Å². The number of carbonyl (C=O) groups is 1. The van der Waals surface area contributed by atoms with E-state index in [0.717, 1.165) is 54.0 Å². The molecule has 38 heavy (non-hydrogen) atoms. The topological polar surface area (TPSA) is 63.1 Å². The predicted octanol–water partition coefficient (Wildman–Crippen LogP) is 6.15. The van der Waals surface area contributed by atoms with Crippen molar-refractivity contribution in [3.05, 3.63) is 83.2 Å². The van der Waals surface area contributed by atoms with Crippen LogP contribution in [0.3, 0.4) is 0 Å². The van der Waals surface area contributed by atoms with Crippen molar-refractivity contribution >= 4 is 28.1 Å². The standard InChI is InChI=1S/C31H32FN5O/c1-19-15-31(16-19,29-35-34-18-36(29)3)21-6-4-7-22(14-21)37-26-9-8-25(32)23-12-20(13-24(27(23)26)28(37)38)17-33-30(2)10-5-11-30/h4,6-9,12-14,18-19,33H,5,10-11,15-17H2,1-3H3. The molecule has 0 spiro atoms. The van der Waals surface area contributed by atoms with E-state index in [1.807, 2.05) is 35.9 Å². The number of hydrogen-bond acceptors (Lipinski definition) is 4. The number of hydrogen-bond donors (Lipinski definition) is 1. The van der Waals surface area contributed by atoms with Gasteiger partial charge < -0.3 is 9.88 Å². The van der Waals surface area contributed by atoms with Crippen molar-refractivity contribution in [2.45, 2.75) is 63.5 Å². The van der Waals surface area contributed by atoms with Crippen LogP contribution in [0.1, 0.15) is 73.3 Å². The summed E-state index contributed by atoms with van der Waals surface area (Å²) < 4.78 is 17.1. The minimum absolute atomic E-state index is 0.112. The highest BCUT2D eigenvalue weighted by Crippen LogP contribution is 2.52. The summed E-state index contributed by atoms with van der Waals surface area (Å²) in [5.74, 6) is 1.12. The SMILES string of the molecule is CC1CC(c2cccc(N3C(=O)c4cc(CNC5(C)CCC5)cc5c(F)ccc3c45)c2)(c2nncn2C)C1. The third-order valence-corrected chi connectivity index (χ3v) is 9.14. The van der Waals surface area contributed by atoms with Crippen LogP contribution in [-0.2, 0) is 19.0 Å². The fraction of sp³-hybridized carbons (Fsp3) is 0.387. The van der Waals surface area contributed by atoms with Crippen LogP contribution in [0, 0.1) is 11.7 Å². The van der Waals surface area contributed by atoms with Gasteiger partial charge in [-0.1, -0.05) is 19.1 Å². The maximum Gasteiger partial charge on any atom is 0.263 e. The van der Waals surface area contributed by atoms with Crippen LogP contribution in [0.25, 0.3) is 10.8 Å². The molecule has 7 heteroatoms. The van der Waals surface area contributed by atoms with E-state index in [2.05, 4.69) is 41.5 Å². The summed E-state index contributed by atoms with van der Waals surface area (Å²) in [7, 11) is 1.98. The predicted molar refractivity (Wildman–Crippen MR) is 146 cm³/mol. The third kappa shape index (κ3) is 3.37.